The van der Waals surface area contributed by atoms with Crippen LogP contribution in [0.2, 0.25) is 0 Å². The Morgan fingerprint density at radius 2 is 1.89 bits per heavy atom. The fraction of sp³-hybridized carbons (Fsp3) is 0.292. The zero-order chi connectivity index (χ0) is 25.1. The van der Waals surface area contributed by atoms with Gasteiger partial charge in [-0.3, -0.25) is 0 Å². The van der Waals surface area contributed by atoms with E-state index >= 15 is 0 Å². The van der Waals surface area contributed by atoms with Crippen molar-refractivity contribution in [3.63, 3.8) is 0 Å². The molecule has 36 heavy (non-hydrogen) atoms. The monoisotopic (exact) mass is 488 g/mol. The number of rotatable bonds is 5. The largest absolute Gasteiger partial charge is 0.370 e. The second kappa shape index (κ2) is 10.0. The number of urea groups is 1. The van der Waals surface area contributed by atoms with Crippen molar-refractivity contribution >= 4 is 29.4 Å². The van der Waals surface area contributed by atoms with Crippen LogP contribution in [-0.4, -0.2) is 57.5 Å². The molecule has 186 valence electrons. The number of carbonyl (C=O) groups excluding carboxylic acids is 1. The molecule has 2 aliphatic heterocycles. The Labute approximate surface area is 208 Å². The lowest BCUT2D eigenvalue weighted by molar-refractivity contribution is 0.185. The first kappa shape index (κ1) is 23.3. The molecule has 3 aromatic rings. The average molecular weight is 489 g/mol. The Hall–Kier alpha value is -4.45. The van der Waals surface area contributed by atoms with Crippen molar-refractivity contribution in [2.75, 3.05) is 28.2 Å². The first-order valence-electron chi connectivity index (χ1n) is 11.7. The molecule has 5 rings (SSSR count). The molecule has 7 N–H and O–H groups in total. The smallest absolute Gasteiger partial charge is 0.344 e. The zero-order valence-corrected chi connectivity index (χ0v) is 19.6. The Kier molecular flexibility index (Phi) is 6.50. The molecule has 2 amide bonds. The maximum atomic E-state index is 11.6. The standard InChI is InChI=1S/C24H28N10O2/c25-21(26)32-23(35)30-12-15-3-1-4-16(11-15)17-13-28-22(29-14-17)33-9-6-18(7-10-33)34-20-19(31-24(34)36)5-2-8-27-20/h1-5,8,11,13-14,18,24,31,36H,6-7,9-10,12H2,(H5,25,26,30,32,35). The molecule has 0 spiro atoms. The molecule has 0 aliphatic carbocycles. The first-order chi connectivity index (χ1) is 17.5. The van der Waals surface area contributed by atoms with Crippen molar-refractivity contribution in [1.82, 2.24) is 20.3 Å². The number of piperidine rings is 1. The van der Waals surface area contributed by atoms with Gasteiger partial charge in [0.25, 0.3) is 0 Å². The topological polar surface area (TPSA) is 171 Å². The van der Waals surface area contributed by atoms with E-state index in [4.69, 9.17) is 11.5 Å². The molecular weight excluding hydrogens is 460 g/mol. The average Bonchev–Trinajstić information content (AvgIpc) is 3.23. The number of nitrogens with two attached hydrogens (primary N) is 2. The third-order valence-electron chi connectivity index (χ3n) is 6.29. The van der Waals surface area contributed by atoms with E-state index < -0.39 is 12.4 Å². The number of fused-ring (bicyclic) bond motifs is 1. The third kappa shape index (κ3) is 4.98. The van der Waals surface area contributed by atoms with Crippen LogP contribution in [0.1, 0.15) is 18.4 Å². The molecule has 0 saturated carbocycles. The molecule has 2 aromatic heterocycles. The van der Waals surface area contributed by atoms with Gasteiger partial charge in [-0.25, -0.2) is 19.7 Å². The van der Waals surface area contributed by atoms with Crippen LogP contribution in [0, 0.1) is 0 Å². The normalized spacial score (nSPS) is 17.3. The van der Waals surface area contributed by atoms with E-state index in [0.717, 1.165) is 54.1 Å². The van der Waals surface area contributed by atoms with E-state index in [0.29, 0.717) is 12.5 Å². The number of amides is 2. The van der Waals surface area contributed by atoms with Crippen molar-refractivity contribution in [1.29, 1.82) is 0 Å². The highest BCUT2D eigenvalue weighted by molar-refractivity contribution is 5.90. The summed E-state index contributed by atoms with van der Waals surface area (Å²) in [5.74, 6) is 1.19. The summed E-state index contributed by atoms with van der Waals surface area (Å²) in [7, 11) is 0. The molecule has 1 saturated heterocycles. The number of hydrogen-bond acceptors (Lipinski definition) is 8. The summed E-state index contributed by atoms with van der Waals surface area (Å²) in [6, 6.07) is 11.1. The molecule has 4 heterocycles. The first-order valence-corrected chi connectivity index (χ1v) is 11.7. The molecule has 12 heteroatoms. The minimum atomic E-state index is -0.766. The van der Waals surface area contributed by atoms with Crippen LogP contribution in [0.4, 0.5) is 22.2 Å². The summed E-state index contributed by atoms with van der Waals surface area (Å²) in [6.45, 7) is 1.85. The predicted molar refractivity (Wildman–Crippen MR) is 137 cm³/mol. The summed E-state index contributed by atoms with van der Waals surface area (Å²) >= 11 is 0. The molecule has 1 unspecified atom stereocenters. The number of benzene rings is 1. The van der Waals surface area contributed by atoms with Crippen molar-refractivity contribution in [2.24, 2.45) is 16.5 Å². The highest BCUT2D eigenvalue weighted by Crippen LogP contribution is 2.35. The van der Waals surface area contributed by atoms with Crippen LogP contribution in [-0.2, 0) is 6.54 Å². The van der Waals surface area contributed by atoms with Gasteiger partial charge >= 0.3 is 6.03 Å². The zero-order valence-electron chi connectivity index (χ0n) is 19.6. The summed E-state index contributed by atoms with van der Waals surface area (Å²) in [5.41, 5.74) is 14.0. The highest BCUT2D eigenvalue weighted by atomic mass is 16.3. The predicted octanol–water partition coefficient (Wildman–Crippen LogP) is 1.20. The van der Waals surface area contributed by atoms with Crippen molar-refractivity contribution in [3.05, 3.63) is 60.6 Å². The number of aliphatic hydroxyl groups is 1. The fourth-order valence-electron chi connectivity index (χ4n) is 4.59. The summed E-state index contributed by atoms with van der Waals surface area (Å²) in [5, 5.41) is 16.2. The van der Waals surface area contributed by atoms with Gasteiger partial charge in [-0.15, -0.1) is 0 Å². The number of carbonyl (C=O) groups is 1. The molecule has 2 aliphatic rings. The highest BCUT2D eigenvalue weighted by Gasteiger charge is 2.35. The second-order valence-corrected chi connectivity index (χ2v) is 8.69. The third-order valence-corrected chi connectivity index (χ3v) is 6.29. The van der Waals surface area contributed by atoms with Crippen LogP contribution >= 0.6 is 0 Å². The van der Waals surface area contributed by atoms with Gasteiger partial charge in [-0.05, 0) is 42.2 Å². The van der Waals surface area contributed by atoms with Gasteiger partial charge in [0, 0.05) is 49.8 Å². The van der Waals surface area contributed by atoms with Crippen LogP contribution in [0.3, 0.4) is 0 Å². The molecule has 12 nitrogen and oxygen atoms in total. The Balaban J connectivity index is 1.20. The number of anilines is 3. The quantitative estimate of drug-likeness (QED) is 0.260. The van der Waals surface area contributed by atoms with Gasteiger partial charge in [0.2, 0.25) is 12.3 Å². The van der Waals surface area contributed by atoms with Gasteiger partial charge in [0.05, 0.1) is 5.69 Å². The number of aromatic nitrogens is 3. The Bertz CT molecular complexity index is 1250. The molecule has 1 atom stereocenters. The van der Waals surface area contributed by atoms with Crippen LogP contribution in [0.15, 0.2) is 60.0 Å². The number of nitrogens with zero attached hydrogens (tertiary/aromatic N) is 6. The van der Waals surface area contributed by atoms with E-state index in [-0.39, 0.29) is 12.0 Å². The molecule has 0 bridgehead atoms. The van der Waals surface area contributed by atoms with Crippen molar-refractivity contribution < 1.29 is 9.90 Å². The van der Waals surface area contributed by atoms with Gasteiger partial charge < -0.3 is 37.0 Å². The van der Waals surface area contributed by atoms with Crippen molar-refractivity contribution in [3.8, 4) is 11.1 Å². The minimum absolute atomic E-state index is 0.175. The van der Waals surface area contributed by atoms with Gasteiger partial charge in [0.1, 0.15) is 0 Å². The van der Waals surface area contributed by atoms with Gasteiger partial charge in [-0.2, -0.15) is 4.99 Å². The second-order valence-electron chi connectivity index (χ2n) is 8.69. The van der Waals surface area contributed by atoms with E-state index in [1.807, 2.05) is 41.3 Å². The van der Waals surface area contributed by atoms with E-state index in [9.17, 15) is 9.90 Å². The summed E-state index contributed by atoms with van der Waals surface area (Å²) < 4.78 is 0. The lowest BCUT2D eigenvalue weighted by Crippen LogP contribution is -2.49. The van der Waals surface area contributed by atoms with Gasteiger partial charge in [0.15, 0.2) is 11.8 Å². The summed E-state index contributed by atoms with van der Waals surface area (Å²) in [4.78, 5) is 32.8. The SMILES string of the molecule is NC(N)=NC(=O)NCc1cccc(-c2cnc(N3CCC(N4c5ncccc5NC4O)CC3)nc2)c1. The molecule has 1 aromatic carbocycles. The lowest BCUT2D eigenvalue weighted by Gasteiger charge is -2.38. The van der Waals surface area contributed by atoms with E-state index in [2.05, 4.69) is 35.5 Å². The van der Waals surface area contributed by atoms with Crippen LogP contribution in [0.5, 0.6) is 0 Å². The summed E-state index contributed by atoms with van der Waals surface area (Å²) in [6.07, 6.45) is 6.30. The number of nitrogens with one attached hydrogen (secondary N) is 2. The van der Waals surface area contributed by atoms with Gasteiger partial charge in [-0.1, -0.05) is 18.2 Å². The number of aliphatic imine (C=N–C) groups is 1. The van der Waals surface area contributed by atoms with Crippen LogP contribution < -0.4 is 31.9 Å². The number of aliphatic hydroxyl groups excluding tert-OH is 1. The molecule has 0 radical (unpaired) electrons. The maximum Gasteiger partial charge on any atom is 0.344 e. The maximum absolute atomic E-state index is 11.6. The minimum Gasteiger partial charge on any atom is -0.370 e. The number of hydrogen-bond donors (Lipinski definition) is 5. The Morgan fingerprint density at radius 3 is 2.64 bits per heavy atom. The van der Waals surface area contributed by atoms with Crippen LogP contribution in [0.25, 0.3) is 11.1 Å². The lowest BCUT2D eigenvalue weighted by atomic mass is 10.0. The van der Waals surface area contributed by atoms with E-state index in [1.165, 1.54) is 0 Å². The molecule has 1 fully saturated rings. The molecular formula is C24H28N10O2. The number of pyridine rings is 1. The number of guanidine groups is 1. The van der Waals surface area contributed by atoms with Crippen molar-refractivity contribution in [2.45, 2.75) is 31.8 Å². The Morgan fingerprint density at radius 1 is 1.11 bits per heavy atom. The van der Waals surface area contributed by atoms with E-state index in [1.54, 1.807) is 18.6 Å². The fourth-order valence-corrected chi connectivity index (χ4v) is 4.59.